The molecule has 1 atom stereocenters. The molecule has 1 aromatic carbocycles. The average molecular weight is 263 g/mol. The first-order valence-electron chi connectivity index (χ1n) is 5.27. The number of carbonyl (C=O) groups excluding carboxylic acids is 1. The number of likely N-dealkylation sites (N-methyl/N-ethyl adjacent to an activating group) is 1. The van der Waals surface area contributed by atoms with Crippen molar-refractivity contribution < 1.29 is 22.4 Å². The van der Waals surface area contributed by atoms with E-state index in [1.807, 2.05) is 0 Å². The maximum Gasteiger partial charge on any atom is 0.401 e. The van der Waals surface area contributed by atoms with Crippen molar-refractivity contribution in [3.8, 4) is 0 Å². The van der Waals surface area contributed by atoms with E-state index in [4.69, 9.17) is 0 Å². The molecule has 0 radical (unpaired) electrons. The van der Waals surface area contributed by atoms with Crippen molar-refractivity contribution >= 4 is 5.78 Å². The summed E-state index contributed by atoms with van der Waals surface area (Å²) in [4.78, 5) is 12.8. The summed E-state index contributed by atoms with van der Waals surface area (Å²) in [6, 6.07) is 3.80. The minimum Gasteiger partial charge on any atom is -0.292 e. The van der Waals surface area contributed by atoms with Crippen molar-refractivity contribution in [2.75, 3.05) is 13.6 Å². The first-order valence-corrected chi connectivity index (χ1v) is 5.27. The molecule has 2 nitrogen and oxygen atoms in total. The van der Waals surface area contributed by atoms with Gasteiger partial charge < -0.3 is 0 Å². The highest BCUT2D eigenvalue weighted by Crippen LogP contribution is 2.18. The molecule has 18 heavy (non-hydrogen) atoms. The summed E-state index contributed by atoms with van der Waals surface area (Å²) in [6.45, 7) is 0.221. The number of hydrogen-bond donors (Lipinski definition) is 0. The van der Waals surface area contributed by atoms with Gasteiger partial charge in [0, 0.05) is 5.56 Å². The Morgan fingerprint density at radius 1 is 1.28 bits per heavy atom. The predicted octanol–water partition coefficient (Wildman–Crippen LogP) is 2.89. The Balaban J connectivity index is 2.75. The Kier molecular flexibility index (Phi) is 4.45. The molecule has 0 amide bonds. The number of alkyl halides is 3. The van der Waals surface area contributed by atoms with Crippen LogP contribution in [0.3, 0.4) is 0 Å². The van der Waals surface area contributed by atoms with Crippen LogP contribution in [0, 0.1) is 5.82 Å². The molecular formula is C12H13F4NO. The average Bonchev–Trinajstić information content (AvgIpc) is 2.26. The molecule has 0 fully saturated rings. The molecule has 0 N–H and O–H groups in total. The summed E-state index contributed by atoms with van der Waals surface area (Å²) in [5.74, 6) is -0.968. The predicted molar refractivity (Wildman–Crippen MR) is 58.9 cm³/mol. The monoisotopic (exact) mass is 263 g/mol. The molecule has 0 aliphatic heterocycles. The fraction of sp³-hybridized carbons (Fsp3) is 0.417. The van der Waals surface area contributed by atoms with Gasteiger partial charge in [-0.25, -0.2) is 4.39 Å². The fourth-order valence-corrected chi connectivity index (χ4v) is 1.48. The zero-order valence-electron chi connectivity index (χ0n) is 9.96. The molecule has 1 rings (SSSR count). The van der Waals surface area contributed by atoms with Crippen LogP contribution in [0.15, 0.2) is 24.3 Å². The molecule has 6 heteroatoms. The minimum absolute atomic E-state index is 0.193. The summed E-state index contributed by atoms with van der Waals surface area (Å²) in [6.07, 6.45) is -4.36. The number of halogens is 4. The normalized spacial score (nSPS) is 13.7. The molecule has 0 heterocycles. The summed E-state index contributed by atoms with van der Waals surface area (Å²) >= 11 is 0. The molecule has 0 spiro atoms. The Labute approximate surface area is 102 Å². The van der Waals surface area contributed by atoms with Crippen molar-refractivity contribution in [2.24, 2.45) is 0 Å². The van der Waals surface area contributed by atoms with Gasteiger partial charge in [-0.3, -0.25) is 9.69 Å². The molecule has 0 aliphatic rings. The lowest BCUT2D eigenvalue weighted by Gasteiger charge is -2.24. The van der Waals surface area contributed by atoms with E-state index in [2.05, 4.69) is 0 Å². The second kappa shape index (κ2) is 5.48. The molecule has 0 saturated carbocycles. The molecule has 1 aromatic rings. The lowest BCUT2D eigenvalue weighted by atomic mass is 10.0. The summed E-state index contributed by atoms with van der Waals surface area (Å²) < 4.78 is 49.2. The third kappa shape index (κ3) is 4.10. The van der Waals surface area contributed by atoms with E-state index >= 15 is 0 Å². The summed E-state index contributed by atoms with van der Waals surface area (Å²) in [5, 5.41) is 0. The fourth-order valence-electron chi connectivity index (χ4n) is 1.48. The molecule has 100 valence electrons. The maximum atomic E-state index is 12.7. The second-order valence-electron chi connectivity index (χ2n) is 4.08. The standard InChI is InChI=1S/C12H13F4NO/c1-8(17(2)7-12(14,15)16)11(18)9-3-5-10(13)6-4-9/h3-6,8H,7H2,1-2H3. The number of benzene rings is 1. The van der Waals surface area contributed by atoms with Crippen molar-refractivity contribution in [2.45, 2.75) is 19.1 Å². The smallest absolute Gasteiger partial charge is 0.292 e. The van der Waals surface area contributed by atoms with Crippen LogP contribution in [0.4, 0.5) is 17.6 Å². The van der Waals surface area contributed by atoms with E-state index < -0.39 is 30.4 Å². The maximum absolute atomic E-state index is 12.7. The Hall–Kier alpha value is -1.43. The number of nitrogens with zero attached hydrogens (tertiary/aromatic N) is 1. The minimum atomic E-state index is -4.36. The van der Waals surface area contributed by atoms with Gasteiger partial charge >= 0.3 is 6.18 Å². The lowest BCUT2D eigenvalue weighted by Crippen LogP contribution is -2.41. The number of carbonyl (C=O) groups is 1. The van der Waals surface area contributed by atoms with Gasteiger partial charge in [-0.05, 0) is 38.2 Å². The molecule has 0 aromatic heterocycles. The number of rotatable bonds is 4. The topological polar surface area (TPSA) is 20.3 Å². The largest absolute Gasteiger partial charge is 0.401 e. The Morgan fingerprint density at radius 3 is 2.22 bits per heavy atom. The Bertz CT molecular complexity index is 413. The van der Waals surface area contributed by atoms with E-state index in [0.29, 0.717) is 0 Å². The summed E-state index contributed by atoms with van der Waals surface area (Å²) in [5.41, 5.74) is 0.193. The Morgan fingerprint density at radius 2 is 1.78 bits per heavy atom. The zero-order valence-corrected chi connectivity index (χ0v) is 9.96. The van der Waals surface area contributed by atoms with Crippen molar-refractivity contribution in [1.29, 1.82) is 0 Å². The first kappa shape index (κ1) is 14.6. The van der Waals surface area contributed by atoms with Gasteiger partial charge in [0.25, 0.3) is 0 Å². The third-order valence-electron chi connectivity index (χ3n) is 2.60. The molecule has 0 aliphatic carbocycles. The van der Waals surface area contributed by atoms with Gasteiger partial charge in [0.1, 0.15) is 5.82 Å². The van der Waals surface area contributed by atoms with Gasteiger partial charge in [0.15, 0.2) is 5.78 Å². The van der Waals surface area contributed by atoms with Crippen LogP contribution in [0.2, 0.25) is 0 Å². The van der Waals surface area contributed by atoms with Crippen LogP contribution in [-0.4, -0.2) is 36.5 Å². The van der Waals surface area contributed by atoms with Gasteiger partial charge in [-0.2, -0.15) is 13.2 Å². The molecular weight excluding hydrogens is 250 g/mol. The van der Waals surface area contributed by atoms with Crippen LogP contribution in [-0.2, 0) is 0 Å². The van der Waals surface area contributed by atoms with E-state index in [1.54, 1.807) is 0 Å². The number of ketones is 1. The molecule has 0 bridgehead atoms. The highest BCUT2D eigenvalue weighted by molar-refractivity contribution is 5.99. The van der Waals surface area contributed by atoms with Crippen molar-refractivity contribution in [3.05, 3.63) is 35.6 Å². The molecule has 0 saturated heterocycles. The summed E-state index contributed by atoms with van der Waals surface area (Å²) in [7, 11) is 1.22. The number of hydrogen-bond acceptors (Lipinski definition) is 2. The van der Waals surface area contributed by atoms with Crippen LogP contribution in [0.25, 0.3) is 0 Å². The van der Waals surface area contributed by atoms with Crippen LogP contribution in [0.5, 0.6) is 0 Å². The van der Waals surface area contributed by atoms with Crippen LogP contribution < -0.4 is 0 Å². The SMILES string of the molecule is CC(C(=O)c1ccc(F)cc1)N(C)CC(F)(F)F. The quantitative estimate of drug-likeness (QED) is 0.615. The van der Waals surface area contributed by atoms with Crippen LogP contribution >= 0.6 is 0 Å². The van der Waals surface area contributed by atoms with Crippen molar-refractivity contribution in [1.82, 2.24) is 4.90 Å². The van der Waals surface area contributed by atoms with Gasteiger partial charge in [0.05, 0.1) is 12.6 Å². The first-order chi connectivity index (χ1) is 8.20. The number of Topliss-reactive ketones (excluding diaryl/α,β-unsaturated/α-hetero) is 1. The van der Waals surface area contributed by atoms with E-state index in [1.165, 1.54) is 26.1 Å². The van der Waals surface area contributed by atoms with E-state index in [0.717, 1.165) is 17.0 Å². The third-order valence-corrected chi connectivity index (χ3v) is 2.60. The zero-order chi connectivity index (χ0) is 13.9. The lowest BCUT2D eigenvalue weighted by molar-refractivity contribution is -0.145. The van der Waals surface area contributed by atoms with Crippen LogP contribution in [0.1, 0.15) is 17.3 Å². The highest BCUT2D eigenvalue weighted by atomic mass is 19.4. The van der Waals surface area contributed by atoms with Gasteiger partial charge in [-0.1, -0.05) is 0 Å². The van der Waals surface area contributed by atoms with E-state index in [-0.39, 0.29) is 5.56 Å². The van der Waals surface area contributed by atoms with Gasteiger partial charge in [-0.15, -0.1) is 0 Å². The molecule has 1 unspecified atom stereocenters. The highest BCUT2D eigenvalue weighted by Gasteiger charge is 2.32. The van der Waals surface area contributed by atoms with Crippen molar-refractivity contribution in [3.63, 3.8) is 0 Å². The van der Waals surface area contributed by atoms with Gasteiger partial charge in [0.2, 0.25) is 0 Å². The second-order valence-corrected chi connectivity index (χ2v) is 4.08. The van der Waals surface area contributed by atoms with E-state index in [9.17, 15) is 22.4 Å².